The summed E-state index contributed by atoms with van der Waals surface area (Å²) in [5.74, 6) is 0.888. The van der Waals surface area contributed by atoms with E-state index in [2.05, 4.69) is 14.9 Å². The summed E-state index contributed by atoms with van der Waals surface area (Å²) in [6, 6.07) is 2.06. The van der Waals surface area contributed by atoms with Gasteiger partial charge in [0, 0.05) is 19.3 Å². The second kappa shape index (κ2) is 9.27. The molecule has 1 aromatic heterocycles. The van der Waals surface area contributed by atoms with E-state index in [0.717, 1.165) is 56.7 Å². The number of methoxy groups -OCH3 is 1. The fourth-order valence-corrected chi connectivity index (χ4v) is 5.35. The number of benzene rings is 1. The zero-order chi connectivity index (χ0) is 22.9. The van der Waals surface area contributed by atoms with E-state index in [0.29, 0.717) is 30.1 Å². The summed E-state index contributed by atoms with van der Waals surface area (Å²) in [7, 11) is -2.37. The van der Waals surface area contributed by atoms with Crippen LogP contribution >= 0.6 is 0 Å². The number of aromatic nitrogens is 2. The Kier molecular flexibility index (Phi) is 6.62. The predicted molar refractivity (Wildman–Crippen MR) is 114 cm³/mol. The van der Waals surface area contributed by atoms with E-state index in [1.807, 2.05) is 0 Å². The standard InChI is InChI=1S/C22H27F2N3O4S/c1-30-17-10-25-22(26-11-17)27-5-3-15(4-6-27)18-9-16(18)13-31-12-14-7-19(23)21(20(24)8-14)32(2,28)29/h7-8,10-11,15-16,18H,3-6,9,12-13H2,1-2H3/t16-,18+/m0/s1. The molecule has 2 atom stereocenters. The van der Waals surface area contributed by atoms with Crippen molar-refractivity contribution in [2.75, 3.05) is 38.0 Å². The molecular weight excluding hydrogens is 440 g/mol. The van der Waals surface area contributed by atoms with Crippen LogP contribution in [0.1, 0.15) is 24.8 Å². The first-order valence-corrected chi connectivity index (χ1v) is 12.5. The first kappa shape index (κ1) is 22.8. The van der Waals surface area contributed by atoms with Crippen molar-refractivity contribution in [3.63, 3.8) is 0 Å². The Labute approximate surface area is 186 Å². The number of nitrogens with zero attached hydrogens (tertiary/aromatic N) is 3. The van der Waals surface area contributed by atoms with Gasteiger partial charge in [-0.3, -0.25) is 0 Å². The molecular formula is C22H27F2N3O4S. The van der Waals surface area contributed by atoms with Crippen molar-refractivity contribution in [3.8, 4) is 5.75 Å². The molecule has 2 fully saturated rings. The molecule has 2 heterocycles. The maximum atomic E-state index is 14.0. The van der Waals surface area contributed by atoms with Crippen molar-refractivity contribution >= 4 is 15.8 Å². The van der Waals surface area contributed by atoms with E-state index < -0.39 is 26.4 Å². The summed E-state index contributed by atoms with van der Waals surface area (Å²) < 4.78 is 61.8. The van der Waals surface area contributed by atoms with Crippen LogP contribution in [0.25, 0.3) is 0 Å². The summed E-state index contributed by atoms with van der Waals surface area (Å²) in [6.07, 6.45) is 7.37. The highest BCUT2D eigenvalue weighted by molar-refractivity contribution is 7.90. The average molecular weight is 468 g/mol. The molecule has 1 aliphatic carbocycles. The van der Waals surface area contributed by atoms with Crippen LogP contribution in [0.3, 0.4) is 0 Å². The fourth-order valence-electron chi connectivity index (χ4n) is 4.52. The van der Waals surface area contributed by atoms with Gasteiger partial charge in [0.15, 0.2) is 15.6 Å². The van der Waals surface area contributed by atoms with Crippen molar-refractivity contribution in [1.82, 2.24) is 9.97 Å². The molecule has 174 valence electrons. The highest BCUT2D eigenvalue weighted by Crippen LogP contribution is 2.48. The minimum absolute atomic E-state index is 0.0500. The van der Waals surface area contributed by atoms with Gasteiger partial charge in [-0.15, -0.1) is 0 Å². The lowest BCUT2D eigenvalue weighted by Gasteiger charge is -2.32. The van der Waals surface area contributed by atoms with Crippen molar-refractivity contribution in [2.24, 2.45) is 17.8 Å². The zero-order valence-electron chi connectivity index (χ0n) is 18.1. The number of halogens is 2. The van der Waals surface area contributed by atoms with E-state index in [1.54, 1.807) is 19.5 Å². The highest BCUT2D eigenvalue weighted by atomic mass is 32.2. The van der Waals surface area contributed by atoms with Crippen LogP contribution in [0.5, 0.6) is 5.75 Å². The molecule has 10 heteroatoms. The molecule has 7 nitrogen and oxygen atoms in total. The topological polar surface area (TPSA) is 81.6 Å². The minimum Gasteiger partial charge on any atom is -0.494 e. The van der Waals surface area contributed by atoms with Crippen LogP contribution < -0.4 is 9.64 Å². The molecule has 0 unspecified atom stereocenters. The molecule has 0 spiro atoms. The molecule has 2 aliphatic rings. The predicted octanol–water partition coefficient (Wildman–Crippen LogP) is 3.24. The van der Waals surface area contributed by atoms with Crippen LogP contribution in [0, 0.1) is 29.4 Å². The lowest BCUT2D eigenvalue weighted by Crippen LogP contribution is -2.35. The molecule has 0 N–H and O–H groups in total. The van der Waals surface area contributed by atoms with E-state index in [9.17, 15) is 17.2 Å². The molecule has 0 bridgehead atoms. The Hall–Kier alpha value is -2.33. The molecule has 0 radical (unpaired) electrons. The maximum absolute atomic E-state index is 14.0. The normalized spacial score (nSPS) is 21.6. The van der Waals surface area contributed by atoms with Gasteiger partial charge < -0.3 is 14.4 Å². The third-order valence-corrected chi connectivity index (χ3v) is 7.42. The number of sulfone groups is 1. The Morgan fingerprint density at radius 2 is 1.75 bits per heavy atom. The van der Waals surface area contributed by atoms with Crippen molar-refractivity contribution in [3.05, 3.63) is 41.7 Å². The van der Waals surface area contributed by atoms with Crippen molar-refractivity contribution in [2.45, 2.75) is 30.8 Å². The van der Waals surface area contributed by atoms with Crippen LogP contribution in [0.2, 0.25) is 0 Å². The average Bonchev–Trinajstić information content (AvgIpc) is 3.52. The number of anilines is 1. The van der Waals surface area contributed by atoms with E-state index >= 15 is 0 Å². The summed E-state index contributed by atoms with van der Waals surface area (Å²) in [5, 5.41) is 0. The molecule has 1 saturated carbocycles. The van der Waals surface area contributed by atoms with Gasteiger partial charge in [-0.05, 0) is 54.7 Å². The summed E-state index contributed by atoms with van der Waals surface area (Å²) >= 11 is 0. The van der Waals surface area contributed by atoms with Crippen molar-refractivity contribution in [1.29, 1.82) is 0 Å². The Morgan fingerprint density at radius 3 is 2.31 bits per heavy atom. The van der Waals surface area contributed by atoms with Crippen LogP contribution in [0.4, 0.5) is 14.7 Å². The second-order valence-corrected chi connectivity index (χ2v) is 10.5. The highest BCUT2D eigenvalue weighted by Gasteiger charge is 2.43. The van der Waals surface area contributed by atoms with Crippen LogP contribution in [-0.4, -0.2) is 51.4 Å². The smallest absolute Gasteiger partial charge is 0.225 e. The van der Waals surface area contributed by atoms with Gasteiger partial charge in [-0.25, -0.2) is 27.2 Å². The minimum atomic E-state index is -3.96. The Balaban J connectivity index is 1.22. The Morgan fingerprint density at radius 1 is 1.12 bits per heavy atom. The number of ether oxygens (including phenoxy) is 2. The van der Waals surface area contributed by atoms with Crippen molar-refractivity contribution < 1.29 is 26.7 Å². The number of piperidine rings is 1. The zero-order valence-corrected chi connectivity index (χ0v) is 18.9. The van der Waals surface area contributed by atoms with Gasteiger partial charge in [0.2, 0.25) is 5.95 Å². The summed E-state index contributed by atoms with van der Waals surface area (Å²) in [4.78, 5) is 10.0. The van der Waals surface area contributed by atoms with Gasteiger partial charge >= 0.3 is 0 Å². The third kappa shape index (κ3) is 5.17. The second-order valence-electron chi connectivity index (χ2n) is 8.58. The molecule has 1 aliphatic heterocycles. The van der Waals surface area contributed by atoms with Gasteiger partial charge in [0.05, 0.1) is 32.7 Å². The summed E-state index contributed by atoms with van der Waals surface area (Å²) in [6.45, 7) is 2.40. The van der Waals surface area contributed by atoms with Crippen LogP contribution in [-0.2, 0) is 21.2 Å². The first-order chi connectivity index (χ1) is 15.3. The summed E-state index contributed by atoms with van der Waals surface area (Å²) in [5.41, 5.74) is 0.289. The van der Waals surface area contributed by atoms with Gasteiger partial charge in [0.1, 0.15) is 16.5 Å². The third-order valence-electron chi connectivity index (χ3n) is 6.28. The molecule has 32 heavy (non-hydrogen) atoms. The van der Waals surface area contributed by atoms with E-state index in [1.165, 1.54) is 0 Å². The van der Waals surface area contributed by atoms with Gasteiger partial charge in [-0.2, -0.15) is 0 Å². The van der Waals surface area contributed by atoms with E-state index in [4.69, 9.17) is 9.47 Å². The number of hydrogen-bond acceptors (Lipinski definition) is 7. The SMILES string of the molecule is COc1cnc(N2CCC([C@H]3C[C@H]3COCc3cc(F)c(S(C)(=O)=O)c(F)c3)CC2)nc1. The lowest BCUT2D eigenvalue weighted by molar-refractivity contribution is 0.103. The molecule has 2 aromatic rings. The van der Waals surface area contributed by atoms with Gasteiger partial charge in [0.25, 0.3) is 0 Å². The van der Waals surface area contributed by atoms with Crippen LogP contribution in [0.15, 0.2) is 29.4 Å². The number of rotatable bonds is 8. The molecule has 4 rings (SSSR count). The largest absolute Gasteiger partial charge is 0.494 e. The number of hydrogen-bond donors (Lipinski definition) is 0. The fraction of sp³-hybridized carbons (Fsp3) is 0.545. The lowest BCUT2D eigenvalue weighted by atomic mass is 9.91. The molecule has 0 amide bonds. The Bertz CT molecular complexity index is 1030. The quantitative estimate of drug-likeness (QED) is 0.590. The van der Waals surface area contributed by atoms with Gasteiger partial charge in [-0.1, -0.05) is 0 Å². The first-order valence-electron chi connectivity index (χ1n) is 10.6. The maximum Gasteiger partial charge on any atom is 0.225 e. The van der Waals surface area contributed by atoms with E-state index in [-0.39, 0.29) is 12.2 Å². The molecule has 1 saturated heterocycles. The molecule has 1 aromatic carbocycles. The monoisotopic (exact) mass is 467 g/mol.